The molecule has 0 aliphatic carbocycles. The van der Waals surface area contributed by atoms with E-state index in [0.29, 0.717) is 6.54 Å². The fraction of sp³-hybridized carbons (Fsp3) is 0.500. The molecule has 19 heavy (non-hydrogen) atoms. The van der Waals surface area contributed by atoms with Crippen LogP contribution in [-0.4, -0.2) is 38.0 Å². The van der Waals surface area contributed by atoms with Gasteiger partial charge >= 0.3 is 0 Å². The normalized spacial score (nSPS) is 19.1. The first-order valence-corrected chi connectivity index (χ1v) is 7.07. The molecule has 1 aromatic heterocycles. The van der Waals surface area contributed by atoms with Crippen LogP contribution in [0.2, 0.25) is 0 Å². The Morgan fingerprint density at radius 1 is 1.58 bits per heavy atom. The Bertz CT molecular complexity index is 563. The number of aromatic nitrogens is 1. The van der Waals surface area contributed by atoms with Crippen LogP contribution in [0.25, 0.3) is 0 Å². The maximum atomic E-state index is 12.1. The van der Waals surface area contributed by atoms with Crippen LogP contribution in [0, 0.1) is 0 Å². The molecule has 0 radical (unpaired) electrons. The van der Waals surface area contributed by atoms with Crippen molar-refractivity contribution in [2.75, 3.05) is 13.1 Å². The first-order valence-electron chi connectivity index (χ1n) is 5.59. The van der Waals surface area contributed by atoms with Gasteiger partial charge in [-0.25, -0.2) is 13.1 Å². The number of sulfonamides is 1. The summed E-state index contributed by atoms with van der Waals surface area (Å²) in [6.45, 7) is 1.42. The zero-order valence-electron chi connectivity index (χ0n) is 10.4. The fourth-order valence-electron chi connectivity index (χ4n) is 1.97. The second kappa shape index (κ2) is 5.91. The number of nitrogens with one attached hydrogen (secondary N) is 2. The topological polar surface area (TPSA) is 106 Å². The SMILES string of the molecule is Cl.Cn1cc(S(=O)(=O)NC2CCNC2)cc1C(N)=O. The van der Waals surface area contributed by atoms with Gasteiger partial charge in [-0.15, -0.1) is 12.4 Å². The predicted molar refractivity (Wildman–Crippen MR) is 72.8 cm³/mol. The molecule has 1 saturated heterocycles. The number of hydrogen-bond acceptors (Lipinski definition) is 4. The van der Waals surface area contributed by atoms with Crippen LogP contribution in [0.3, 0.4) is 0 Å². The van der Waals surface area contributed by atoms with Crippen LogP contribution < -0.4 is 15.8 Å². The van der Waals surface area contributed by atoms with Crippen LogP contribution in [0.15, 0.2) is 17.2 Å². The van der Waals surface area contributed by atoms with Crippen LogP contribution in [0.4, 0.5) is 0 Å². The second-order valence-electron chi connectivity index (χ2n) is 4.35. The molecule has 2 heterocycles. The molecule has 2 rings (SSSR count). The quantitative estimate of drug-likeness (QED) is 0.676. The lowest BCUT2D eigenvalue weighted by Gasteiger charge is -2.10. The molecule has 1 unspecified atom stereocenters. The van der Waals surface area contributed by atoms with Gasteiger partial charge in [-0.2, -0.15) is 0 Å². The highest BCUT2D eigenvalue weighted by molar-refractivity contribution is 7.89. The molecule has 1 aliphatic rings. The Morgan fingerprint density at radius 3 is 2.74 bits per heavy atom. The van der Waals surface area contributed by atoms with Gasteiger partial charge < -0.3 is 15.6 Å². The van der Waals surface area contributed by atoms with E-state index in [1.165, 1.54) is 16.8 Å². The van der Waals surface area contributed by atoms with Gasteiger partial charge in [0.15, 0.2) is 0 Å². The molecule has 0 spiro atoms. The standard InChI is InChI=1S/C10H16N4O3S.ClH/c1-14-6-8(4-9(14)10(11)15)18(16,17)13-7-2-3-12-5-7;/h4,6-7,12-13H,2-3,5H2,1H3,(H2,11,15);1H. The van der Waals surface area contributed by atoms with E-state index in [0.717, 1.165) is 13.0 Å². The number of amides is 1. The number of nitrogens with two attached hydrogens (primary N) is 1. The molecule has 1 aliphatic heterocycles. The lowest BCUT2D eigenvalue weighted by molar-refractivity contribution is 0.0992. The number of carbonyl (C=O) groups excluding carboxylic acids is 1. The Labute approximate surface area is 118 Å². The summed E-state index contributed by atoms with van der Waals surface area (Å²) in [5, 5.41) is 3.07. The highest BCUT2D eigenvalue weighted by Gasteiger charge is 2.24. The summed E-state index contributed by atoms with van der Waals surface area (Å²) in [5.74, 6) is -0.651. The molecule has 0 aromatic carbocycles. The molecule has 1 aromatic rings. The van der Waals surface area contributed by atoms with Crippen molar-refractivity contribution in [1.29, 1.82) is 0 Å². The Hall–Kier alpha value is -1.09. The van der Waals surface area contributed by atoms with Gasteiger partial charge in [0, 0.05) is 25.8 Å². The van der Waals surface area contributed by atoms with E-state index in [-0.39, 0.29) is 29.0 Å². The summed E-state index contributed by atoms with van der Waals surface area (Å²) in [7, 11) is -2.02. The maximum Gasteiger partial charge on any atom is 0.265 e. The third-order valence-electron chi connectivity index (χ3n) is 2.92. The highest BCUT2D eigenvalue weighted by atomic mass is 35.5. The zero-order valence-corrected chi connectivity index (χ0v) is 12.1. The van der Waals surface area contributed by atoms with Crippen molar-refractivity contribution in [3.05, 3.63) is 18.0 Å². The summed E-state index contributed by atoms with van der Waals surface area (Å²) in [6, 6.07) is 1.18. The van der Waals surface area contributed by atoms with Gasteiger partial charge in [-0.05, 0) is 19.0 Å². The number of hydrogen-bond donors (Lipinski definition) is 3. The summed E-state index contributed by atoms with van der Waals surface area (Å²) in [6.07, 6.45) is 2.14. The Balaban J connectivity index is 0.00000180. The van der Waals surface area contributed by atoms with Crippen molar-refractivity contribution >= 4 is 28.3 Å². The molecule has 1 amide bonds. The van der Waals surface area contributed by atoms with Crippen molar-refractivity contribution in [2.45, 2.75) is 17.4 Å². The third kappa shape index (κ3) is 3.47. The maximum absolute atomic E-state index is 12.1. The van der Waals surface area contributed by atoms with E-state index >= 15 is 0 Å². The van der Waals surface area contributed by atoms with Crippen LogP contribution in [0.1, 0.15) is 16.9 Å². The van der Waals surface area contributed by atoms with Crippen molar-refractivity contribution in [2.24, 2.45) is 12.8 Å². The lowest BCUT2D eigenvalue weighted by atomic mass is 10.3. The lowest BCUT2D eigenvalue weighted by Crippen LogP contribution is -2.36. The average molecular weight is 309 g/mol. The molecule has 1 atom stereocenters. The van der Waals surface area contributed by atoms with Crippen molar-refractivity contribution < 1.29 is 13.2 Å². The van der Waals surface area contributed by atoms with E-state index in [1.54, 1.807) is 7.05 Å². The summed E-state index contributed by atoms with van der Waals surface area (Å²) in [4.78, 5) is 11.1. The minimum absolute atomic E-state index is 0. The zero-order chi connectivity index (χ0) is 13.3. The average Bonchev–Trinajstić information content (AvgIpc) is 2.86. The van der Waals surface area contributed by atoms with E-state index in [2.05, 4.69) is 10.0 Å². The first kappa shape index (κ1) is 16.0. The number of rotatable bonds is 4. The summed E-state index contributed by atoms with van der Waals surface area (Å²) >= 11 is 0. The van der Waals surface area contributed by atoms with Gasteiger partial charge in [0.25, 0.3) is 5.91 Å². The highest BCUT2D eigenvalue weighted by Crippen LogP contribution is 2.14. The van der Waals surface area contributed by atoms with Gasteiger partial charge in [-0.3, -0.25) is 4.79 Å². The molecule has 1 fully saturated rings. The minimum atomic E-state index is -3.60. The molecule has 4 N–H and O–H groups in total. The molecular weight excluding hydrogens is 292 g/mol. The van der Waals surface area contributed by atoms with Crippen LogP contribution in [-0.2, 0) is 17.1 Å². The van der Waals surface area contributed by atoms with E-state index < -0.39 is 15.9 Å². The Morgan fingerprint density at radius 2 is 2.26 bits per heavy atom. The van der Waals surface area contributed by atoms with Gasteiger partial charge in [0.05, 0.1) is 0 Å². The van der Waals surface area contributed by atoms with E-state index in [4.69, 9.17) is 5.73 Å². The minimum Gasteiger partial charge on any atom is -0.364 e. The third-order valence-corrected chi connectivity index (χ3v) is 4.41. The van der Waals surface area contributed by atoms with Gasteiger partial charge in [-0.1, -0.05) is 0 Å². The van der Waals surface area contributed by atoms with Crippen LogP contribution >= 0.6 is 12.4 Å². The van der Waals surface area contributed by atoms with E-state index in [1.807, 2.05) is 0 Å². The van der Waals surface area contributed by atoms with E-state index in [9.17, 15) is 13.2 Å². The van der Waals surface area contributed by atoms with Gasteiger partial charge in [0.1, 0.15) is 10.6 Å². The number of aryl methyl sites for hydroxylation is 1. The van der Waals surface area contributed by atoms with Crippen molar-refractivity contribution in [3.63, 3.8) is 0 Å². The number of halogens is 1. The largest absolute Gasteiger partial charge is 0.364 e. The van der Waals surface area contributed by atoms with Crippen molar-refractivity contribution in [1.82, 2.24) is 14.6 Å². The molecule has 9 heteroatoms. The molecular formula is C10H17ClN4O3S. The monoisotopic (exact) mass is 308 g/mol. The molecule has 0 bridgehead atoms. The first-order chi connectivity index (χ1) is 8.40. The van der Waals surface area contributed by atoms with Crippen LogP contribution in [0.5, 0.6) is 0 Å². The summed E-state index contributed by atoms with van der Waals surface area (Å²) < 4.78 is 28.1. The smallest absolute Gasteiger partial charge is 0.265 e. The number of primary amides is 1. The molecule has 108 valence electrons. The second-order valence-corrected chi connectivity index (χ2v) is 6.06. The molecule has 0 saturated carbocycles. The number of carbonyl (C=O) groups is 1. The van der Waals surface area contributed by atoms with Crippen molar-refractivity contribution in [3.8, 4) is 0 Å². The predicted octanol–water partition coefficient (Wildman–Crippen LogP) is -0.814. The van der Waals surface area contributed by atoms with Gasteiger partial charge in [0.2, 0.25) is 10.0 Å². The fourth-order valence-corrected chi connectivity index (χ4v) is 3.31. The number of nitrogens with zero attached hydrogens (tertiary/aromatic N) is 1. The Kier molecular flexibility index (Phi) is 4.97. The summed E-state index contributed by atoms with van der Waals surface area (Å²) in [5.41, 5.74) is 5.32. The molecule has 7 nitrogen and oxygen atoms in total.